The molecule has 1 aliphatic rings. The van der Waals surface area contributed by atoms with Gasteiger partial charge in [-0.1, -0.05) is 32.0 Å². The Morgan fingerprint density at radius 1 is 1.20 bits per heavy atom. The van der Waals surface area contributed by atoms with E-state index in [1.165, 1.54) is 15.6 Å². The molecule has 162 valence electrons. The number of amides is 2. The summed E-state index contributed by atoms with van der Waals surface area (Å²) in [5.41, 5.74) is 0.826. The smallest absolute Gasteiger partial charge is 0.253 e. The standard InChI is InChI=1S/C21H27N3O4S2/c1-15(2)13-22-21(26)17-8-3-4-9-18(17)23-20(25)16-7-5-11-24(14-16)30(27,28)19-10-6-12-29-19/h3-4,6,8-10,12,15-16H,5,7,11,13-14H2,1-2H3,(H,22,26)(H,23,25)/t16-/m1/s1. The van der Waals surface area contributed by atoms with Crippen LogP contribution < -0.4 is 10.6 Å². The van der Waals surface area contributed by atoms with Crippen LogP contribution in [0.4, 0.5) is 5.69 Å². The molecule has 0 saturated carbocycles. The van der Waals surface area contributed by atoms with E-state index in [1.54, 1.807) is 41.8 Å². The molecule has 1 fully saturated rings. The van der Waals surface area contributed by atoms with Gasteiger partial charge in [-0.2, -0.15) is 4.31 Å². The van der Waals surface area contributed by atoms with Gasteiger partial charge in [-0.15, -0.1) is 11.3 Å². The monoisotopic (exact) mass is 449 g/mol. The van der Waals surface area contributed by atoms with Crippen LogP contribution in [-0.2, 0) is 14.8 Å². The van der Waals surface area contributed by atoms with Gasteiger partial charge in [0.2, 0.25) is 5.91 Å². The quantitative estimate of drug-likeness (QED) is 0.679. The van der Waals surface area contributed by atoms with Crippen molar-refractivity contribution in [1.29, 1.82) is 0 Å². The molecule has 1 aliphatic heterocycles. The van der Waals surface area contributed by atoms with Crippen LogP contribution in [0.2, 0.25) is 0 Å². The molecule has 1 atom stereocenters. The molecule has 7 nitrogen and oxygen atoms in total. The highest BCUT2D eigenvalue weighted by atomic mass is 32.2. The molecule has 2 N–H and O–H groups in total. The van der Waals surface area contributed by atoms with E-state index in [2.05, 4.69) is 10.6 Å². The number of anilines is 1. The lowest BCUT2D eigenvalue weighted by Gasteiger charge is -2.31. The molecular weight excluding hydrogens is 422 g/mol. The highest BCUT2D eigenvalue weighted by Crippen LogP contribution is 2.27. The molecule has 0 unspecified atom stereocenters. The van der Waals surface area contributed by atoms with Gasteiger partial charge in [-0.25, -0.2) is 8.42 Å². The van der Waals surface area contributed by atoms with Crippen molar-refractivity contribution < 1.29 is 18.0 Å². The van der Waals surface area contributed by atoms with Crippen LogP contribution in [-0.4, -0.2) is 44.2 Å². The molecule has 1 aromatic carbocycles. The zero-order chi connectivity index (χ0) is 21.7. The summed E-state index contributed by atoms with van der Waals surface area (Å²) < 4.78 is 27.3. The van der Waals surface area contributed by atoms with Gasteiger partial charge in [0.05, 0.1) is 17.2 Å². The van der Waals surface area contributed by atoms with Gasteiger partial charge < -0.3 is 10.6 Å². The van der Waals surface area contributed by atoms with Gasteiger partial charge in [0.1, 0.15) is 4.21 Å². The minimum Gasteiger partial charge on any atom is -0.352 e. The van der Waals surface area contributed by atoms with Gasteiger partial charge in [0.15, 0.2) is 0 Å². The van der Waals surface area contributed by atoms with Crippen LogP contribution in [0.1, 0.15) is 37.0 Å². The summed E-state index contributed by atoms with van der Waals surface area (Å²) in [6, 6.07) is 10.1. The maximum atomic E-state index is 12.9. The zero-order valence-corrected chi connectivity index (χ0v) is 18.8. The molecule has 9 heteroatoms. The Bertz CT molecular complexity index is 987. The highest BCUT2D eigenvalue weighted by Gasteiger charge is 2.34. The second-order valence-electron chi connectivity index (χ2n) is 7.77. The molecule has 3 rings (SSSR count). The van der Waals surface area contributed by atoms with Gasteiger partial charge in [-0.3, -0.25) is 9.59 Å². The van der Waals surface area contributed by atoms with Gasteiger partial charge in [0, 0.05) is 19.6 Å². The molecule has 1 saturated heterocycles. The van der Waals surface area contributed by atoms with Crippen molar-refractivity contribution in [2.24, 2.45) is 11.8 Å². The average Bonchev–Trinajstić information content (AvgIpc) is 3.28. The van der Waals surface area contributed by atoms with Crippen LogP contribution in [0, 0.1) is 11.8 Å². The second-order valence-corrected chi connectivity index (χ2v) is 10.9. The van der Waals surface area contributed by atoms with E-state index >= 15 is 0 Å². The number of nitrogens with zero attached hydrogens (tertiary/aromatic N) is 1. The number of thiophene rings is 1. The normalized spacial score (nSPS) is 17.6. The van der Waals surface area contributed by atoms with Crippen molar-refractivity contribution in [3.63, 3.8) is 0 Å². The Hall–Kier alpha value is -2.23. The van der Waals surface area contributed by atoms with Gasteiger partial charge in [-0.05, 0) is 42.3 Å². The lowest BCUT2D eigenvalue weighted by Crippen LogP contribution is -2.43. The fourth-order valence-electron chi connectivity index (χ4n) is 3.33. The van der Waals surface area contributed by atoms with Gasteiger partial charge >= 0.3 is 0 Å². The summed E-state index contributed by atoms with van der Waals surface area (Å²) in [6.07, 6.45) is 1.21. The summed E-state index contributed by atoms with van der Waals surface area (Å²) in [5.74, 6) is -0.676. The maximum Gasteiger partial charge on any atom is 0.253 e. The lowest BCUT2D eigenvalue weighted by molar-refractivity contribution is -0.120. The number of hydrogen-bond donors (Lipinski definition) is 2. The number of para-hydroxylation sites is 1. The first-order valence-electron chi connectivity index (χ1n) is 10.0. The Morgan fingerprint density at radius 2 is 1.97 bits per heavy atom. The molecule has 2 amide bonds. The zero-order valence-electron chi connectivity index (χ0n) is 17.1. The summed E-state index contributed by atoms with van der Waals surface area (Å²) in [6.45, 7) is 5.09. The topological polar surface area (TPSA) is 95.6 Å². The second kappa shape index (κ2) is 9.72. The number of sulfonamides is 1. The molecular formula is C21H27N3O4S2. The third-order valence-electron chi connectivity index (χ3n) is 4.94. The van der Waals surface area contributed by atoms with Crippen LogP contribution in [0.5, 0.6) is 0 Å². The third kappa shape index (κ3) is 5.27. The largest absolute Gasteiger partial charge is 0.352 e. The first kappa shape index (κ1) is 22.5. The van der Waals surface area contributed by atoms with Crippen molar-refractivity contribution in [1.82, 2.24) is 9.62 Å². The number of benzene rings is 1. The molecule has 2 heterocycles. The number of rotatable bonds is 7. The Balaban J connectivity index is 1.70. The van der Waals surface area contributed by atoms with E-state index in [0.29, 0.717) is 43.1 Å². The van der Waals surface area contributed by atoms with E-state index < -0.39 is 15.9 Å². The van der Waals surface area contributed by atoms with Crippen LogP contribution in [0.25, 0.3) is 0 Å². The summed E-state index contributed by atoms with van der Waals surface area (Å²) in [5, 5.41) is 7.42. The van der Waals surface area contributed by atoms with Crippen LogP contribution in [0.3, 0.4) is 0 Å². The number of nitrogens with one attached hydrogen (secondary N) is 2. The predicted molar refractivity (Wildman–Crippen MR) is 118 cm³/mol. The Labute approximate surface area is 181 Å². The van der Waals surface area contributed by atoms with E-state index in [1.807, 2.05) is 13.8 Å². The number of carbonyl (C=O) groups is 2. The van der Waals surface area contributed by atoms with E-state index in [4.69, 9.17) is 0 Å². The molecule has 0 bridgehead atoms. The van der Waals surface area contributed by atoms with Crippen molar-refractivity contribution in [2.45, 2.75) is 30.9 Å². The highest BCUT2D eigenvalue weighted by molar-refractivity contribution is 7.91. The van der Waals surface area contributed by atoms with Crippen LogP contribution >= 0.6 is 11.3 Å². The Kier molecular flexibility index (Phi) is 7.27. The number of piperidine rings is 1. The fourth-order valence-corrected chi connectivity index (χ4v) is 6.00. The summed E-state index contributed by atoms with van der Waals surface area (Å²) in [7, 11) is -3.59. The van der Waals surface area contributed by atoms with E-state index in [0.717, 1.165) is 0 Å². The molecule has 0 radical (unpaired) electrons. The summed E-state index contributed by atoms with van der Waals surface area (Å²) in [4.78, 5) is 25.4. The van der Waals surface area contributed by atoms with Crippen molar-refractivity contribution in [3.8, 4) is 0 Å². The van der Waals surface area contributed by atoms with Crippen molar-refractivity contribution in [3.05, 3.63) is 47.3 Å². The average molecular weight is 450 g/mol. The SMILES string of the molecule is CC(C)CNC(=O)c1ccccc1NC(=O)[C@@H]1CCCN(S(=O)(=O)c2cccs2)C1. The molecule has 2 aromatic rings. The van der Waals surface area contributed by atoms with E-state index in [-0.39, 0.29) is 22.6 Å². The minimum atomic E-state index is -3.59. The number of carbonyl (C=O) groups excluding carboxylic acids is 2. The maximum absolute atomic E-state index is 12.9. The fraction of sp³-hybridized carbons (Fsp3) is 0.429. The molecule has 0 aliphatic carbocycles. The molecule has 30 heavy (non-hydrogen) atoms. The predicted octanol–water partition coefficient (Wildman–Crippen LogP) is 3.17. The van der Waals surface area contributed by atoms with Crippen molar-refractivity contribution >= 4 is 38.9 Å². The third-order valence-corrected chi connectivity index (χ3v) is 8.18. The van der Waals surface area contributed by atoms with Gasteiger partial charge in [0.25, 0.3) is 15.9 Å². The molecule has 1 aromatic heterocycles. The number of hydrogen-bond acceptors (Lipinski definition) is 5. The van der Waals surface area contributed by atoms with Crippen LogP contribution in [0.15, 0.2) is 46.0 Å². The van der Waals surface area contributed by atoms with Crippen molar-refractivity contribution in [2.75, 3.05) is 25.0 Å². The first-order valence-corrected chi connectivity index (χ1v) is 12.3. The minimum absolute atomic E-state index is 0.133. The first-order chi connectivity index (χ1) is 14.3. The summed E-state index contributed by atoms with van der Waals surface area (Å²) >= 11 is 1.17. The Morgan fingerprint density at radius 3 is 2.67 bits per heavy atom. The molecule has 0 spiro atoms. The lowest BCUT2D eigenvalue weighted by atomic mass is 9.98. The van der Waals surface area contributed by atoms with E-state index in [9.17, 15) is 18.0 Å².